The number of hydrogen-bond acceptors (Lipinski definition) is 6. The van der Waals surface area contributed by atoms with Crippen LogP contribution in [0.1, 0.15) is 36.7 Å². The zero-order valence-electron chi connectivity index (χ0n) is 13.4. The van der Waals surface area contributed by atoms with Crippen LogP contribution in [0, 0.1) is 0 Å². The van der Waals surface area contributed by atoms with E-state index in [1.165, 1.54) is 0 Å². The van der Waals surface area contributed by atoms with Crippen molar-refractivity contribution in [2.75, 3.05) is 5.75 Å². The third-order valence-corrected chi connectivity index (χ3v) is 5.77. The molecule has 3 rings (SSSR count). The molecule has 8 nitrogen and oxygen atoms in total. The summed E-state index contributed by atoms with van der Waals surface area (Å²) in [5.74, 6) is -0.517. The number of carbonyl (C=O) groups is 1. The quantitative estimate of drug-likeness (QED) is 0.735. The van der Waals surface area contributed by atoms with Gasteiger partial charge in [-0.15, -0.1) is 5.10 Å². The Morgan fingerprint density at radius 3 is 2.80 bits per heavy atom. The first-order valence-corrected chi connectivity index (χ1v) is 10.1. The third kappa shape index (κ3) is 4.99. The summed E-state index contributed by atoms with van der Waals surface area (Å²) in [5, 5.41) is 14.4. The number of benzene rings is 1. The molecular formula is C15H18ClN5O3S. The highest BCUT2D eigenvalue weighted by atomic mass is 35.5. The molecule has 10 heteroatoms. The minimum Gasteiger partial charge on any atom is -0.352 e. The largest absolute Gasteiger partial charge is 0.352 e. The van der Waals surface area contributed by atoms with E-state index in [9.17, 15) is 13.2 Å². The summed E-state index contributed by atoms with van der Waals surface area (Å²) < 4.78 is 26.0. The average Bonchev–Trinajstić information content (AvgIpc) is 3.32. The second-order valence-corrected chi connectivity index (χ2v) is 8.57. The summed E-state index contributed by atoms with van der Waals surface area (Å²) in [6.07, 6.45) is 1.81. The summed E-state index contributed by atoms with van der Waals surface area (Å²) in [4.78, 5) is 11.9. The Balaban J connectivity index is 1.49. The number of aromatic nitrogens is 4. The van der Waals surface area contributed by atoms with E-state index in [-0.39, 0.29) is 36.4 Å². The maximum atomic E-state index is 12.2. The van der Waals surface area contributed by atoms with Crippen LogP contribution in [0.4, 0.5) is 0 Å². The van der Waals surface area contributed by atoms with Gasteiger partial charge in [-0.1, -0.05) is 29.8 Å². The molecule has 1 aliphatic carbocycles. The molecule has 0 aliphatic heterocycles. The van der Waals surface area contributed by atoms with Gasteiger partial charge in [0.15, 0.2) is 15.7 Å². The molecule has 0 bridgehead atoms. The van der Waals surface area contributed by atoms with Crippen molar-refractivity contribution in [2.45, 2.75) is 37.6 Å². The lowest BCUT2D eigenvalue weighted by molar-refractivity contribution is -0.120. The van der Waals surface area contributed by atoms with Gasteiger partial charge in [-0.2, -0.15) is 0 Å². The van der Waals surface area contributed by atoms with Gasteiger partial charge in [-0.25, -0.2) is 13.1 Å². The SMILES string of the molecule is O=C(CCS(=O)(=O)Cc1nnnn1C1CC1)NCc1ccccc1Cl. The van der Waals surface area contributed by atoms with E-state index in [1.54, 1.807) is 22.9 Å². The smallest absolute Gasteiger partial charge is 0.221 e. The van der Waals surface area contributed by atoms with E-state index in [0.717, 1.165) is 18.4 Å². The molecule has 1 amide bonds. The standard InChI is InChI=1S/C15H18ClN5O3S/c16-13-4-2-1-3-11(13)9-17-15(22)7-8-25(23,24)10-14-18-19-20-21(14)12-5-6-12/h1-4,12H,5-10H2,(H,17,22). The van der Waals surface area contributed by atoms with Crippen molar-refractivity contribution in [2.24, 2.45) is 0 Å². The van der Waals surface area contributed by atoms with Crippen LogP contribution in [0.2, 0.25) is 5.02 Å². The van der Waals surface area contributed by atoms with Crippen molar-refractivity contribution in [1.29, 1.82) is 0 Å². The number of nitrogens with one attached hydrogen (secondary N) is 1. The molecule has 1 aromatic carbocycles. The molecule has 1 fully saturated rings. The van der Waals surface area contributed by atoms with Crippen LogP contribution in [-0.4, -0.2) is 40.3 Å². The van der Waals surface area contributed by atoms with Gasteiger partial charge in [0.2, 0.25) is 5.91 Å². The van der Waals surface area contributed by atoms with Gasteiger partial charge in [-0.3, -0.25) is 4.79 Å². The Kier molecular flexibility index (Phi) is 5.33. The lowest BCUT2D eigenvalue weighted by Gasteiger charge is -2.07. The van der Waals surface area contributed by atoms with Crippen molar-refractivity contribution >= 4 is 27.3 Å². The molecule has 1 aliphatic rings. The molecule has 1 heterocycles. The molecular weight excluding hydrogens is 366 g/mol. The minimum atomic E-state index is -3.47. The maximum absolute atomic E-state index is 12.2. The van der Waals surface area contributed by atoms with Crippen LogP contribution >= 0.6 is 11.6 Å². The number of rotatable bonds is 8. The monoisotopic (exact) mass is 383 g/mol. The molecule has 1 aromatic heterocycles. The molecule has 1 saturated carbocycles. The first-order chi connectivity index (χ1) is 11.9. The van der Waals surface area contributed by atoms with Crippen LogP contribution in [0.15, 0.2) is 24.3 Å². The van der Waals surface area contributed by atoms with Gasteiger partial charge < -0.3 is 5.32 Å². The summed E-state index contributed by atoms with van der Waals surface area (Å²) >= 11 is 6.01. The van der Waals surface area contributed by atoms with E-state index in [2.05, 4.69) is 20.8 Å². The number of halogens is 1. The predicted molar refractivity (Wildman–Crippen MR) is 91.5 cm³/mol. The van der Waals surface area contributed by atoms with Crippen molar-refractivity contribution in [3.8, 4) is 0 Å². The average molecular weight is 384 g/mol. The molecule has 0 unspecified atom stereocenters. The van der Waals surface area contributed by atoms with Gasteiger partial charge in [0.25, 0.3) is 0 Å². The zero-order chi connectivity index (χ0) is 17.9. The predicted octanol–water partition coefficient (Wildman–Crippen LogP) is 1.28. The van der Waals surface area contributed by atoms with Crippen molar-refractivity contribution in [1.82, 2.24) is 25.5 Å². The second kappa shape index (κ2) is 7.49. The highest BCUT2D eigenvalue weighted by molar-refractivity contribution is 7.90. The van der Waals surface area contributed by atoms with Gasteiger partial charge in [0.05, 0.1) is 11.8 Å². The van der Waals surface area contributed by atoms with Gasteiger partial charge in [0, 0.05) is 18.0 Å². The summed E-state index contributed by atoms with van der Waals surface area (Å²) in [5.41, 5.74) is 0.781. The first kappa shape index (κ1) is 17.8. The van der Waals surface area contributed by atoms with E-state index in [1.807, 2.05) is 6.07 Å². The maximum Gasteiger partial charge on any atom is 0.221 e. The number of sulfone groups is 1. The summed E-state index contributed by atoms with van der Waals surface area (Å²) in [6.45, 7) is 0.262. The molecule has 0 spiro atoms. The lowest BCUT2D eigenvalue weighted by Crippen LogP contribution is -2.26. The van der Waals surface area contributed by atoms with E-state index < -0.39 is 9.84 Å². The lowest BCUT2D eigenvalue weighted by atomic mass is 10.2. The Morgan fingerprint density at radius 2 is 2.08 bits per heavy atom. The topological polar surface area (TPSA) is 107 Å². The Hall–Kier alpha value is -2.00. The number of nitrogens with zero attached hydrogens (tertiary/aromatic N) is 4. The molecule has 1 N–H and O–H groups in total. The third-order valence-electron chi connectivity index (χ3n) is 3.88. The highest BCUT2D eigenvalue weighted by Gasteiger charge is 2.29. The van der Waals surface area contributed by atoms with Crippen LogP contribution in [0.5, 0.6) is 0 Å². The fourth-order valence-corrected chi connectivity index (χ4v) is 3.78. The zero-order valence-corrected chi connectivity index (χ0v) is 15.0. The molecule has 0 radical (unpaired) electrons. The summed E-state index contributed by atoms with van der Waals surface area (Å²) in [7, 11) is -3.47. The second-order valence-electron chi connectivity index (χ2n) is 5.98. The van der Waals surface area contributed by atoms with Crippen molar-refractivity contribution in [3.05, 3.63) is 40.7 Å². The van der Waals surface area contributed by atoms with Crippen LogP contribution in [0.3, 0.4) is 0 Å². The van der Waals surface area contributed by atoms with Gasteiger partial charge >= 0.3 is 0 Å². The number of carbonyl (C=O) groups excluding carboxylic acids is 1. The molecule has 134 valence electrons. The molecule has 2 aromatic rings. The first-order valence-electron chi connectivity index (χ1n) is 7.92. The summed E-state index contributed by atoms with van der Waals surface area (Å²) in [6, 6.07) is 7.37. The highest BCUT2D eigenvalue weighted by Crippen LogP contribution is 2.34. The number of tetrazole rings is 1. The molecule has 25 heavy (non-hydrogen) atoms. The minimum absolute atomic E-state index is 0.113. The Bertz CT molecular complexity index is 864. The van der Waals surface area contributed by atoms with Crippen molar-refractivity contribution < 1.29 is 13.2 Å². The van der Waals surface area contributed by atoms with Crippen LogP contribution in [0.25, 0.3) is 0 Å². The van der Waals surface area contributed by atoms with Gasteiger partial charge in [0.1, 0.15) is 5.75 Å². The molecule has 0 saturated heterocycles. The number of amides is 1. The fourth-order valence-electron chi connectivity index (χ4n) is 2.35. The normalized spacial score (nSPS) is 14.4. The van der Waals surface area contributed by atoms with Crippen molar-refractivity contribution in [3.63, 3.8) is 0 Å². The van der Waals surface area contributed by atoms with Crippen LogP contribution in [-0.2, 0) is 26.9 Å². The Morgan fingerprint density at radius 1 is 1.32 bits per heavy atom. The van der Waals surface area contributed by atoms with E-state index >= 15 is 0 Å². The Labute approximate surface area is 150 Å². The van der Waals surface area contributed by atoms with Crippen LogP contribution < -0.4 is 5.32 Å². The molecule has 0 atom stereocenters. The fraction of sp³-hybridized carbons (Fsp3) is 0.467. The van der Waals surface area contributed by atoms with Gasteiger partial charge in [-0.05, 0) is 34.9 Å². The number of hydrogen-bond donors (Lipinski definition) is 1. The van der Waals surface area contributed by atoms with E-state index in [4.69, 9.17) is 11.6 Å². The van der Waals surface area contributed by atoms with E-state index in [0.29, 0.717) is 10.8 Å².